The second-order valence-corrected chi connectivity index (χ2v) is 10.6. The van der Waals surface area contributed by atoms with Gasteiger partial charge in [0, 0.05) is 30.8 Å². The summed E-state index contributed by atoms with van der Waals surface area (Å²) < 4.78 is 18.2. The molecule has 5 heteroatoms. The van der Waals surface area contributed by atoms with Crippen molar-refractivity contribution < 1.29 is 24.1 Å². The summed E-state index contributed by atoms with van der Waals surface area (Å²) in [6, 6.07) is 0. The molecule has 1 spiro atoms. The third-order valence-corrected chi connectivity index (χ3v) is 9.53. The van der Waals surface area contributed by atoms with Crippen LogP contribution in [0.4, 0.5) is 0 Å². The molecule has 0 amide bonds. The number of carbonyl (C=O) groups is 1. The molecule has 4 saturated carbocycles. The van der Waals surface area contributed by atoms with Crippen molar-refractivity contribution in [1.29, 1.82) is 0 Å². The predicted molar refractivity (Wildman–Crippen MR) is 104 cm³/mol. The van der Waals surface area contributed by atoms with Crippen LogP contribution in [0.3, 0.4) is 0 Å². The molecule has 0 aromatic carbocycles. The lowest BCUT2D eigenvalue weighted by Gasteiger charge is -2.61. The van der Waals surface area contributed by atoms with E-state index in [1.807, 2.05) is 6.92 Å². The number of hydrogen-bond acceptors (Lipinski definition) is 5. The van der Waals surface area contributed by atoms with Gasteiger partial charge in [0.05, 0.1) is 25.4 Å². The lowest BCUT2D eigenvalue weighted by molar-refractivity contribution is -0.244. The summed E-state index contributed by atoms with van der Waals surface area (Å²) in [7, 11) is 0. The van der Waals surface area contributed by atoms with Crippen LogP contribution in [0.25, 0.3) is 0 Å². The SMILES string of the molecule is CCO[C@H]1C[C@@]2(C)[C@@H](CC[C@@H]3[C@@H]2C(=O)C[C@@]2(C)[C@H]3CCC23OCCO3)C[C@@H]1O. The Kier molecular flexibility index (Phi) is 4.52. The number of carbonyl (C=O) groups excluding carboxylic acids is 1. The highest BCUT2D eigenvalue weighted by atomic mass is 16.7. The van der Waals surface area contributed by atoms with E-state index < -0.39 is 11.9 Å². The van der Waals surface area contributed by atoms with E-state index >= 15 is 0 Å². The van der Waals surface area contributed by atoms with Crippen molar-refractivity contribution >= 4 is 5.78 Å². The number of Topliss-reactive ketones (excluding diaryl/α,β-unsaturated/α-hetero) is 1. The zero-order valence-corrected chi connectivity index (χ0v) is 17.6. The van der Waals surface area contributed by atoms with Crippen LogP contribution in [0, 0.1) is 34.5 Å². The molecule has 28 heavy (non-hydrogen) atoms. The maximum atomic E-state index is 13.7. The minimum Gasteiger partial charge on any atom is -0.390 e. The van der Waals surface area contributed by atoms with Crippen molar-refractivity contribution in [2.75, 3.05) is 19.8 Å². The highest BCUT2D eigenvalue weighted by molar-refractivity contribution is 5.84. The Morgan fingerprint density at radius 2 is 1.93 bits per heavy atom. The first-order valence-corrected chi connectivity index (χ1v) is 11.4. The molecule has 5 nitrogen and oxygen atoms in total. The first-order chi connectivity index (χ1) is 13.3. The van der Waals surface area contributed by atoms with E-state index in [0.29, 0.717) is 49.8 Å². The second kappa shape index (κ2) is 6.50. The van der Waals surface area contributed by atoms with Gasteiger partial charge in [-0.3, -0.25) is 4.79 Å². The van der Waals surface area contributed by atoms with Gasteiger partial charge in [0.15, 0.2) is 5.79 Å². The first-order valence-electron chi connectivity index (χ1n) is 11.4. The Hall–Kier alpha value is -0.490. The highest BCUT2D eigenvalue weighted by Gasteiger charge is 2.69. The van der Waals surface area contributed by atoms with Gasteiger partial charge in [-0.1, -0.05) is 13.8 Å². The maximum Gasteiger partial charge on any atom is 0.174 e. The van der Waals surface area contributed by atoms with Gasteiger partial charge in [0.1, 0.15) is 5.78 Å². The van der Waals surface area contributed by atoms with Gasteiger partial charge in [-0.15, -0.1) is 0 Å². The number of fused-ring (bicyclic) bond motifs is 6. The van der Waals surface area contributed by atoms with Crippen molar-refractivity contribution in [2.45, 2.75) is 83.7 Å². The Balaban J connectivity index is 1.48. The Morgan fingerprint density at radius 3 is 2.64 bits per heavy atom. The number of hydrogen-bond donors (Lipinski definition) is 1. The van der Waals surface area contributed by atoms with E-state index in [-0.39, 0.29) is 22.9 Å². The van der Waals surface area contributed by atoms with Gasteiger partial charge in [0.25, 0.3) is 0 Å². The normalized spacial score (nSPS) is 52.4. The van der Waals surface area contributed by atoms with Crippen molar-refractivity contribution in [3.63, 3.8) is 0 Å². The van der Waals surface area contributed by atoms with E-state index in [0.717, 1.165) is 38.5 Å². The van der Waals surface area contributed by atoms with Crippen molar-refractivity contribution in [3.05, 3.63) is 0 Å². The molecule has 5 fully saturated rings. The number of ether oxygens (including phenoxy) is 3. The minimum absolute atomic E-state index is 0.0620. The van der Waals surface area contributed by atoms with Gasteiger partial charge < -0.3 is 19.3 Å². The van der Waals surface area contributed by atoms with Crippen LogP contribution >= 0.6 is 0 Å². The van der Waals surface area contributed by atoms with Crippen molar-refractivity contribution in [1.82, 2.24) is 0 Å². The monoisotopic (exact) mass is 392 g/mol. The van der Waals surface area contributed by atoms with Gasteiger partial charge in [-0.2, -0.15) is 0 Å². The molecule has 1 saturated heterocycles. The molecule has 0 radical (unpaired) electrons. The molecule has 1 N–H and O–H groups in total. The fourth-order valence-corrected chi connectivity index (χ4v) is 8.34. The third-order valence-electron chi connectivity index (χ3n) is 9.53. The van der Waals surface area contributed by atoms with Crippen LogP contribution in [0.15, 0.2) is 0 Å². The summed E-state index contributed by atoms with van der Waals surface area (Å²) in [5.74, 6) is 1.29. The summed E-state index contributed by atoms with van der Waals surface area (Å²) in [4.78, 5) is 13.7. The zero-order valence-electron chi connectivity index (χ0n) is 17.6. The highest BCUT2D eigenvalue weighted by Crippen LogP contribution is 2.68. The van der Waals surface area contributed by atoms with Gasteiger partial charge in [-0.05, 0) is 62.2 Å². The standard InChI is InChI=1S/C23H36O5/c1-4-26-19-13-21(2)14(11-17(19)24)5-6-15-16-7-8-23(27-9-10-28-23)22(16,3)12-18(25)20(15)21/h14-17,19-20,24H,4-13H2,1-3H3/t14-,15-,16-,17-,19-,20+,21-,22-/m0/s1. The molecule has 0 aromatic heterocycles. The molecular formula is C23H36O5. The summed E-state index contributed by atoms with van der Waals surface area (Å²) in [6.45, 7) is 8.48. The van der Waals surface area contributed by atoms with E-state index in [2.05, 4.69) is 13.8 Å². The van der Waals surface area contributed by atoms with E-state index in [1.54, 1.807) is 0 Å². The molecular weight excluding hydrogens is 356 g/mol. The van der Waals surface area contributed by atoms with Gasteiger partial charge >= 0.3 is 0 Å². The molecule has 158 valence electrons. The summed E-state index contributed by atoms with van der Waals surface area (Å²) in [5, 5.41) is 10.6. The fourth-order valence-electron chi connectivity index (χ4n) is 8.34. The quantitative estimate of drug-likeness (QED) is 0.781. The lowest BCUT2D eigenvalue weighted by Crippen LogP contribution is -2.62. The molecule has 8 atom stereocenters. The van der Waals surface area contributed by atoms with E-state index in [9.17, 15) is 9.90 Å². The number of aliphatic hydroxyl groups is 1. The second-order valence-electron chi connectivity index (χ2n) is 10.6. The molecule has 5 rings (SSSR count). The number of rotatable bonds is 2. The topological polar surface area (TPSA) is 65.0 Å². The average Bonchev–Trinajstić information content (AvgIpc) is 3.23. The smallest absolute Gasteiger partial charge is 0.174 e. The molecule has 4 aliphatic carbocycles. The number of ketones is 1. The average molecular weight is 393 g/mol. The number of aliphatic hydroxyl groups excluding tert-OH is 1. The van der Waals surface area contributed by atoms with Crippen LogP contribution in [0.2, 0.25) is 0 Å². The summed E-state index contributed by atoms with van der Waals surface area (Å²) in [5.41, 5.74) is -0.258. The third kappa shape index (κ3) is 2.42. The molecule has 0 unspecified atom stereocenters. The van der Waals surface area contributed by atoms with E-state index in [4.69, 9.17) is 14.2 Å². The Labute approximate surface area is 168 Å². The fraction of sp³-hybridized carbons (Fsp3) is 0.957. The first kappa shape index (κ1) is 19.5. The van der Waals surface area contributed by atoms with Gasteiger partial charge in [-0.25, -0.2) is 0 Å². The molecule has 0 bridgehead atoms. The predicted octanol–water partition coefficient (Wildman–Crippen LogP) is 3.33. The molecule has 1 heterocycles. The zero-order chi connectivity index (χ0) is 19.7. The molecule has 5 aliphatic rings. The van der Waals surface area contributed by atoms with Crippen LogP contribution in [0.5, 0.6) is 0 Å². The maximum absolute atomic E-state index is 13.7. The largest absolute Gasteiger partial charge is 0.390 e. The minimum atomic E-state index is -0.535. The van der Waals surface area contributed by atoms with Crippen LogP contribution in [-0.2, 0) is 19.0 Å². The summed E-state index contributed by atoms with van der Waals surface area (Å²) in [6.07, 6.45) is 5.85. The van der Waals surface area contributed by atoms with Crippen LogP contribution < -0.4 is 0 Å². The Morgan fingerprint density at radius 1 is 1.18 bits per heavy atom. The Bertz CT molecular complexity index is 643. The molecule has 1 aliphatic heterocycles. The van der Waals surface area contributed by atoms with Gasteiger partial charge in [0.2, 0.25) is 0 Å². The van der Waals surface area contributed by atoms with Crippen molar-refractivity contribution in [2.24, 2.45) is 34.5 Å². The molecule has 0 aromatic rings. The summed E-state index contributed by atoms with van der Waals surface area (Å²) >= 11 is 0. The van der Waals surface area contributed by atoms with Crippen molar-refractivity contribution in [3.8, 4) is 0 Å². The van der Waals surface area contributed by atoms with Crippen LogP contribution in [0.1, 0.15) is 65.7 Å². The lowest BCUT2D eigenvalue weighted by atomic mass is 9.44. The van der Waals surface area contributed by atoms with E-state index in [1.165, 1.54) is 0 Å². The van der Waals surface area contributed by atoms with Crippen LogP contribution in [-0.4, -0.2) is 48.7 Å².